The number of benzene rings is 1. The summed E-state index contributed by atoms with van der Waals surface area (Å²) in [6.45, 7) is 1.92. The molecule has 3 nitrogen and oxygen atoms in total. The van der Waals surface area contributed by atoms with Gasteiger partial charge in [-0.3, -0.25) is 0 Å². The van der Waals surface area contributed by atoms with Crippen molar-refractivity contribution in [3.8, 4) is 0 Å². The van der Waals surface area contributed by atoms with Crippen LogP contribution in [0.25, 0.3) is 0 Å². The van der Waals surface area contributed by atoms with Crippen LogP contribution in [0.5, 0.6) is 0 Å². The normalized spacial score (nSPS) is 12.1. The number of aliphatic hydroxyl groups is 1. The topological polar surface area (TPSA) is 41.8 Å². The molecule has 0 aromatic heterocycles. The fraction of sp³-hybridized carbons (Fsp3) is 0.308. The lowest BCUT2D eigenvalue weighted by molar-refractivity contribution is 0.213. The molecule has 0 spiro atoms. The van der Waals surface area contributed by atoms with Gasteiger partial charge in [0.25, 0.3) is 0 Å². The first-order chi connectivity index (χ1) is 8.19. The van der Waals surface area contributed by atoms with Gasteiger partial charge in [-0.1, -0.05) is 35.0 Å². The quantitative estimate of drug-likeness (QED) is 0.498. The van der Waals surface area contributed by atoms with E-state index in [-0.39, 0.29) is 6.61 Å². The van der Waals surface area contributed by atoms with Crippen molar-refractivity contribution in [2.24, 2.45) is 5.16 Å². The van der Waals surface area contributed by atoms with Gasteiger partial charge in [-0.15, -0.1) is 0 Å². The second-order valence-corrected chi connectivity index (χ2v) is 3.96. The summed E-state index contributed by atoms with van der Waals surface area (Å²) in [5.74, 6) is 0. The maximum Gasteiger partial charge on any atom is 0.106 e. The number of hydrogen-bond donors (Lipinski definition) is 1. The van der Waals surface area contributed by atoms with E-state index in [1.807, 2.05) is 31.2 Å². The first-order valence-corrected chi connectivity index (χ1v) is 5.69. The molecular formula is C13H16ClNO2. The molecule has 4 heteroatoms. The standard InChI is InChI=1S/C13H16ClNO2/c1-10(15-17-2)13-7-6-12(14)9-11(13)5-3-4-8-16/h3-4,6-7,9,16H,5,8H2,1-2H3/b4-3+,15-10+. The molecule has 0 aliphatic carbocycles. The second kappa shape index (κ2) is 7.09. The third-order valence-corrected chi connectivity index (χ3v) is 2.53. The Bertz CT molecular complexity index is 427. The smallest absolute Gasteiger partial charge is 0.106 e. The summed E-state index contributed by atoms with van der Waals surface area (Å²) in [5, 5.41) is 13.3. The maximum atomic E-state index is 8.70. The van der Waals surface area contributed by atoms with Gasteiger partial charge < -0.3 is 9.94 Å². The van der Waals surface area contributed by atoms with E-state index in [4.69, 9.17) is 21.5 Å². The molecule has 1 aromatic carbocycles. The van der Waals surface area contributed by atoms with Crippen molar-refractivity contribution in [1.29, 1.82) is 0 Å². The molecule has 0 amide bonds. The molecule has 0 atom stereocenters. The highest BCUT2D eigenvalue weighted by Crippen LogP contribution is 2.18. The van der Waals surface area contributed by atoms with Crippen LogP contribution in [0.2, 0.25) is 5.02 Å². The van der Waals surface area contributed by atoms with E-state index in [2.05, 4.69) is 5.16 Å². The second-order valence-electron chi connectivity index (χ2n) is 3.52. The highest BCUT2D eigenvalue weighted by atomic mass is 35.5. The summed E-state index contributed by atoms with van der Waals surface area (Å²) in [6.07, 6.45) is 4.30. The summed E-state index contributed by atoms with van der Waals surface area (Å²) in [4.78, 5) is 4.77. The number of hydrogen-bond acceptors (Lipinski definition) is 3. The Morgan fingerprint density at radius 1 is 1.47 bits per heavy atom. The highest BCUT2D eigenvalue weighted by molar-refractivity contribution is 6.30. The number of oxime groups is 1. The van der Waals surface area contributed by atoms with Gasteiger partial charge in [0.2, 0.25) is 0 Å². The van der Waals surface area contributed by atoms with Crippen LogP contribution in [0, 0.1) is 0 Å². The molecular weight excluding hydrogens is 238 g/mol. The number of halogens is 1. The SMILES string of the molecule is CO/N=C(\C)c1ccc(Cl)cc1C/C=C/CO. The molecule has 0 fully saturated rings. The minimum atomic E-state index is 0.0427. The van der Waals surface area contributed by atoms with Crippen molar-refractivity contribution in [1.82, 2.24) is 0 Å². The molecule has 0 heterocycles. The Balaban J connectivity index is 3.03. The Morgan fingerprint density at radius 3 is 2.88 bits per heavy atom. The van der Waals surface area contributed by atoms with Crippen LogP contribution in [0.3, 0.4) is 0 Å². The Labute approximate surface area is 106 Å². The van der Waals surface area contributed by atoms with Crippen LogP contribution < -0.4 is 0 Å². The monoisotopic (exact) mass is 253 g/mol. The number of aliphatic hydroxyl groups excluding tert-OH is 1. The zero-order valence-electron chi connectivity index (χ0n) is 9.98. The molecule has 0 aliphatic heterocycles. The first kappa shape index (κ1) is 13.7. The minimum Gasteiger partial charge on any atom is -0.399 e. The lowest BCUT2D eigenvalue weighted by atomic mass is 10.0. The van der Waals surface area contributed by atoms with Gasteiger partial charge in [-0.2, -0.15) is 0 Å². The molecule has 0 saturated carbocycles. The van der Waals surface area contributed by atoms with Crippen molar-refractivity contribution >= 4 is 17.3 Å². The number of nitrogens with zero attached hydrogens (tertiary/aromatic N) is 1. The zero-order valence-corrected chi connectivity index (χ0v) is 10.7. The predicted molar refractivity (Wildman–Crippen MR) is 70.6 cm³/mol. The van der Waals surface area contributed by atoms with E-state index < -0.39 is 0 Å². The molecule has 0 saturated heterocycles. The Hall–Kier alpha value is -1.32. The fourth-order valence-electron chi connectivity index (χ4n) is 1.56. The van der Waals surface area contributed by atoms with Crippen molar-refractivity contribution < 1.29 is 9.94 Å². The van der Waals surface area contributed by atoms with Gasteiger partial charge in [0, 0.05) is 10.6 Å². The zero-order chi connectivity index (χ0) is 12.7. The molecule has 0 aliphatic rings. The summed E-state index contributed by atoms with van der Waals surface area (Å²) in [7, 11) is 1.52. The fourth-order valence-corrected chi connectivity index (χ4v) is 1.75. The van der Waals surface area contributed by atoms with Crippen LogP contribution >= 0.6 is 11.6 Å². The summed E-state index contributed by atoms with van der Waals surface area (Å²) >= 11 is 5.97. The third kappa shape index (κ3) is 4.21. The third-order valence-electron chi connectivity index (χ3n) is 2.30. The van der Waals surface area contributed by atoms with Crippen molar-refractivity contribution in [3.05, 3.63) is 46.5 Å². The van der Waals surface area contributed by atoms with Crippen LogP contribution in [-0.4, -0.2) is 24.5 Å². The largest absolute Gasteiger partial charge is 0.399 e. The van der Waals surface area contributed by atoms with Crippen molar-refractivity contribution in [3.63, 3.8) is 0 Å². The lowest BCUT2D eigenvalue weighted by Gasteiger charge is -2.07. The minimum absolute atomic E-state index is 0.0427. The van der Waals surface area contributed by atoms with Gasteiger partial charge in [-0.25, -0.2) is 0 Å². The molecule has 0 radical (unpaired) electrons. The Kier molecular flexibility index (Phi) is 5.73. The molecule has 17 heavy (non-hydrogen) atoms. The molecule has 0 unspecified atom stereocenters. The molecule has 1 rings (SSSR count). The highest BCUT2D eigenvalue weighted by Gasteiger charge is 2.05. The first-order valence-electron chi connectivity index (χ1n) is 5.31. The van der Waals surface area contributed by atoms with E-state index in [1.165, 1.54) is 7.11 Å². The van der Waals surface area contributed by atoms with Crippen LogP contribution in [0.15, 0.2) is 35.5 Å². The van der Waals surface area contributed by atoms with Gasteiger partial charge >= 0.3 is 0 Å². The van der Waals surface area contributed by atoms with Gasteiger partial charge in [0.05, 0.1) is 12.3 Å². The van der Waals surface area contributed by atoms with Gasteiger partial charge in [0.1, 0.15) is 7.11 Å². The van der Waals surface area contributed by atoms with Gasteiger partial charge in [0.15, 0.2) is 0 Å². The van der Waals surface area contributed by atoms with E-state index in [0.717, 1.165) is 16.8 Å². The van der Waals surface area contributed by atoms with E-state index in [1.54, 1.807) is 6.08 Å². The summed E-state index contributed by atoms with van der Waals surface area (Å²) < 4.78 is 0. The van der Waals surface area contributed by atoms with Crippen molar-refractivity contribution in [2.75, 3.05) is 13.7 Å². The molecule has 1 aromatic rings. The Morgan fingerprint density at radius 2 is 2.24 bits per heavy atom. The van der Waals surface area contributed by atoms with E-state index in [9.17, 15) is 0 Å². The van der Waals surface area contributed by atoms with E-state index >= 15 is 0 Å². The molecule has 1 N–H and O–H groups in total. The van der Waals surface area contributed by atoms with Crippen LogP contribution in [-0.2, 0) is 11.3 Å². The molecule has 92 valence electrons. The lowest BCUT2D eigenvalue weighted by Crippen LogP contribution is -2.01. The van der Waals surface area contributed by atoms with E-state index in [0.29, 0.717) is 11.4 Å². The maximum absolute atomic E-state index is 8.70. The summed E-state index contributed by atoms with van der Waals surface area (Å²) in [5.41, 5.74) is 2.86. The predicted octanol–water partition coefficient (Wildman–Crippen LogP) is 2.80. The average molecular weight is 254 g/mol. The van der Waals surface area contributed by atoms with Crippen LogP contribution in [0.4, 0.5) is 0 Å². The van der Waals surface area contributed by atoms with Crippen molar-refractivity contribution in [2.45, 2.75) is 13.3 Å². The van der Waals surface area contributed by atoms with Crippen LogP contribution in [0.1, 0.15) is 18.1 Å². The number of rotatable bonds is 5. The average Bonchev–Trinajstić information content (AvgIpc) is 2.30. The summed E-state index contributed by atoms with van der Waals surface area (Å²) in [6, 6.07) is 5.64. The number of allylic oxidation sites excluding steroid dienone is 1. The molecule has 0 bridgehead atoms. The van der Waals surface area contributed by atoms with Gasteiger partial charge in [-0.05, 0) is 31.0 Å².